The van der Waals surface area contributed by atoms with E-state index in [1.165, 1.54) is 33.7 Å². The number of carbonyl (C=O) groups excluding carboxylic acids is 1. The van der Waals surface area contributed by atoms with Crippen molar-refractivity contribution in [3.05, 3.63) is 0 Å². The van der Waals surface area contributed by atoms with Gasteiger partial charge in [0.15, 0.2) is 0 Å². The molecule has 0 amide bonds. The number of hydrogen-bond donors (Lipinski definition) is 0. The molecular weight excluding hydrogens is 268 g/mol. The van der Waals surface area contributed by atoms with Crippen LogP contribution in [0.3, 0.4) is 0 Å². The first kappa shape index (κ1) is 7.13. The van der Waals surface area contributed by atoms with Crippen LogP contribution in [0, 0.1) is 0 Å². The van der Waals surface area contributed by atoms with E-state index in [4.69, 9.17) is 4.74 Å². The van der Waals surface area contributed by atoms with Crippen LogP contribution in [-0.2, 0) is 16.0 Å². The predicted octanol–water partition coefficient (Wildman–Crippen LogP) is 4.09. The molecule has 0 bridgehead atoms. The maximum absolute atomic E-state index is 13.0. The second-order valence-corrected chi connectivity index (χ2v) is 35.7. The minimum atomic E-state index is -3.21. The van der Waals surface area contributed by atoms with E-state index < -0.39 is 6.51 Å². The van der Waals surface area contributed by atoms with Crippen molar-refractivity contribution in [2.24, 2.45) is 0 Å². The van der Waals surface area contributed by atoms with Crippen LogP contribution < -0.4 is 0 Å². The van der Waals surface area contributed by atoms with Gasteiger partial charge in [-0.15, -0.1) is 0 Å². The summed E-state index contributed by atoms with van der Waals surface area (Å²) in [6.07, 6.45) is 0. The van der Waals surface area contributed by atoms with Gasteiger partial charge in [0.1, 0.15) is 0 Å². The molecule has 4 atom stereocenters. The number of carbonyl (C=O) groups is 1. The van der Waals surface area contributed by atoms with Gasteiger partial charge < -0.3 is 0 Å². The average molecular weight is 286 g/mol. The van der Waals surface area contributed by atoms with Crippen LogP contribution in [0.2, 0.25) is 47.7 Å². The van der Waals surface area contributed by atoms with Crippen LogP contribution in [0.1, 0.15) is 20.8 Å². The fraction of sp³-hybridized carbons (Fsp3) is 0.933. The van der Waals surface area contributed by atoms with Crippen molar-refractivity contribution in [1.29, 1.82) is 0 Å². The molecule has 10 fully saturated rings. The molecule has 0 saturated carbocycles. The summed E-state index contributed by atoms with van der Waals surface area (Å²) in [5.41, 5.74) is -0.266. The summed E-state index contributed by atoms with van der Waals surface area (Å²) in [4.78, 5) is 23.7. The maximum atomic E-state index is 13.0. The molecule has 0 aromatic rings. The van der Waals surface area contributed by atoms with E-state index in [9.17, 15) is 4.79 Å². The third-order valence-electron chi connectivity index (χ3n) is 15.4. The van der Waals surface area contributed by atoms with Gasteiger partial charge in [-0.2, -0.15) is 0 Å². The Balaban J connectivity index is 1.44. The summed E-state index contributed by atoms with van der Waals surface area (Å²) in [5, 5.41) is 0. The molecule has 18 heavy (non-hydrogen) atoms. The molecule has 0 aliphatic carbocycles. The number of fused-ring (bicyclic) bond motifs is 10. The molecule has 98 valence electrons. The molecule has 10 saturated heterocycles. The van der Waals surface area contributed by atoms with Crippen LogP contribution >= 0.6 is 0 Å². The summed E-state index contributed by atoms with van der Waals surface area (Å²) in [6, 6.07) is 0. The van der Waals surface area contributed by atoms with E-state index in [1.807, 2.05) is 0 Å². The normalized spacial score (nSPS) is 114. The molecule has 0 aromatic carbocycles. The second-order valence-electron chi connectivity index (χ2n) is 12.2. The standard InChI is InChI=1S/C10H13O2.C5H5.Fe/c1-10(2,3)12-9(11)8-6-4-5-7-8;1-2-4-5-3-1;/h4-7H,1-3H3;1-5H;. The quantitative estimate of drug-likeness (QED) is 0.536. The summed E-state index contributed by atoms with van der Waals surface area (Å²) in [7, 11) is 0. The summed E-state index contributed by atoms with van der Waals surface area (Å²) in [6.45, 7) is 2.94. The van der Waals surface area contributed by atoms with E-state index in [1.54, 1.807) is 0 Å². The molecule has 3 heteroatoms. The molecule has 10 aliphatic heterocycles. The fourth-order valence-corrected chi connectivity index (χ4v) is 90.6. The second kappa shape index (κ2) is 0.561. The zero-order valence-electron chi connectivity index (χ0n) is 10.9. The molecule has 0 aromatic heterocycles. The molecule has 1 spiro atoms. The van der Waals surface area contributed by atoms with Crippen LogP contribution in [-0.4, -0.2) is 11.6 Å². The van der Waals surface area contributed by atoms with Gasteiger partial charge in [-0.25, -0.2) is 0 Å². The zero-order chi connectivity index (χ0) is 11.8. The molecule has 10 aliphatic rings. The SMILES string of the molecule is CC(C)(C)OC(=O)[C]12[CH]3[CH]4[CH]5[CH]1[Fe]45321678[CH]2[CH]1[CH]6[CH]7[CH]28. The van der Waals surface area contributed by atoms with Crippen molar-refractivity contribution in [2.45, 2.75) is 74.0 Å². The average Bonchev–Trinajstić information content (AvgIpc) is 3.21. The Hall–Kier alpha value is -0.0105. The van der Waals surface area contributed by atoms with Gasteiger partial charge in [0.05, 0.1) is 0 Å². The molecule has 4 unspecified atom stereocenters. The van der Waals surface area contributed by atoms with E-state index in [2.05, 4.69) is 20.8 Å². The van der Waals surface area contributed by atoms with E-state index >= 15 is 0 Å². The van der Waals surface area contributed by atoms with Crippen molar-refractivity contribution >= 4 is 5.97 Å². The molecule has 10 heterocycles. The number of esters is 1. The van der Waals surface area contributed by atoms with Crippen molar-refractivity contribution < 1.29 is 16.0 Å². The number of rotatable bonds is 1. The van der Waals surface area contributed by atoms with Gasteiger partial charge in [0.25, 0.3) is 0 Å². The Morgan fingerprint density at radius 2 is 1.39 bits per heavy atom. The fourth-order valence-electron chi connectivity index (χ4n) is 17.1. The molecule has 0 radical (unpaired) electrons. The third-order valence-corrected chi connectivity index (χ3v) is 57.7. The van der Waals surface area contributed by atoms with Gasteiger partial charge in [0, 0.05) is 0 Å². The van der Waals surface area contributed by atoms with Crippen molar-refractivity contribution in [2.75, 3.05) is 0 Å². The Bertz CT molecular complexity index is 950. The first-order chi connectivity index (χ1) is 8.17. The molecule has 0 N–H and O–H groups in total. The minimum absolute atomic E-state index is 0.266. The number of hydrogen-bond acceptors (Lipinski definition) is 2. The summed E-state index contributed by atoms with van der Waals surface area (Å²) < 4.78 is 6.26. The Labute approximate surface area is 96.1 Å². The van der Waals surface area contributed by atoms with Crippen LogP contribution in [0.25, 0.3) is 0 Å². The van der Waals surface area contributed by atoms with E-state index in [0.717, 1.165) is 9.63 Å². The topological polar surface area (TPSA) is 26.3 Å². The first-order valence-electron chi connectivity index (χ1n) is 7.62. The van der Waals surface area contributed by atoms with Crippen LogP contribution in [0.4, 0.5) is 0 Å². The van der Waals surface area contributed by atoms with Crippen LogP contribution in [0.5, 0.6) is 0 Å². The first-order valence-corrected chi connectivity index (χ1v) is 13.9. The van der Waals surface area contributed by atoms with Crippen molar-refractivity contribution in [3.63, 3.8) is 0 Å². The Morgan fingerprint density at radius 3 is 1.61 bits per heavy atom. The zero-order valence-corrected chi connectivity index (χ0v) is 12.0. The Kier molecular flexibility index (Phi) is 0.222. The summed E-state index contributed by atoms with van der Waals surface area (Å²) in [5.74, 6) is 0.335. The molecular formula is C15H18FeO2. The predicted molar refractivity (Wildman–Crippen MR) is 62.3 cm³/mol. The van der Waals surface area contributed by atoms with Gasteiger partial charge in [0.2, 0.25) is 0 Å². The van der Waals surface area contributed by atoms with Gasteiger partial charge in [-0.3, -0.25) is 0 Å². The summed E-state index contributed by atoms with van der Waals surface area (Å²) >= 11 is 0. The van der Waals surface area contributed by atoms with Crippen molar-refractivity contribution in [1.82, 2.24) is 0 Å². The van der Waals surface area contributed by atoms with E-state index in [-0.39, 0.29) is 5.60 Å². The van der Waals surface area contributed by atoms with Gasteiger partial charge in [-0.1, -0.05) is 0 Å². The van der Waals surface area contributed by atoms with Crippen molar-refractivity contribution in [3.8, 4) is 0 Å². The monoisotopic (exact) mass is 286 g/mol. The van der Waals surface area contributed by atoms with Gasteiger partial charge in [-0.05, 0) is 0 Å². The van der Waals surface area contributed by atoms with E-state index in [0.29, 0.717) is 10.3 Å². The van der Waals surface area contributed by atoms with Crippen LogP contribution in [0.15, 0.2) is 0 Å². The third kappa shape index (κ3) is 0.0716. The molecule has 10 rings (SSSR count). The molecule has 2 nitrogen and oxygen atoms in total. The Morgan fingerprint density at radius 1 is 0.944 bits per heavy atom. The number of ether oxygens (including phenoxy) is 1. The van der Waals surface area contributed by atoms with Gasteiger partial charge >= 0.3 is 96.0 Å².